The number of hydrogen-bond acceptors (Lipinski definition) is 4. The molecule has 2 aromatic carbocycles. The SMILES string of the molecule is Fc1ccc(OCCNc2cc3c(cc2Cl)OCCO3)cc1. The zero-order chi connectivity index (χ0) is 15.4. The van der Waals surface area contributed by atoms with Crippen molar-refractivity contribution in [3.05, 3.63) is 47.2 Å². The fourth-order valence-electron chi connectivity index (χ4n) is 2.08. The predicted molar refractivity (Wildman–Crippen MR) is 82.8 cm³/mol. The van der Waals surface area contributed by atoms with Crippen LogP contribution in [0.1, 0.15) is 0 Å². The number of fused-ring (bicyclic) bond motifs is 1. The van der Waals surface area contributed by atoms with E-state index >= 15 is 0 Å². The van der Waals surface area contributed by atoms with Gasteiger partial charge in [-0.15, -0.1) is 0 Å². The minimum atomic E-state index is -0.284. The minimum Gasteiger partial charge on any atom is -0.492 e. The van der Waals surface area contributed by atoms with Crippen LogP contribution in [0.4, 0.5) is 10.1 Å². The first-order chi connectivity index (χ1) is 10.7. The minimum absolute atomic E-state index is 0.284. The van der Waals surface area contributed by atoms with Gasteiger partial charge in [0.1, 0.15) is 31.4 Å². The van der Waals surface area contributed by atoms with E-state index in [9.17, 15) is 4.39 Å². The third-order valence-corrected chi connectivity index (χ3v) is 3.44. The maximum Gasteiger partial charge on any atom is 0.163 e. The monoisotopic (exact) mass is 323 g/mol. The largest absolute Gasteiger partial charge is 0.492 e. The van der Waals surface area contributed by atoms with Crippen molar-refractivity contribution in [1.29, 1.82) is 0 Å². The molecule has 0 fully saturated rings. The molecule has 0 atom stereocenters. The van der Waals surface area contributed by atoms with Crippen molar-refractivity contribution >= 4 is 17.3 Å². The fourth-order valence-corrected chi connectivity index (χ4v) is 2.31. The summed E-state index contributed by atoms with van der Waals surface area (Å²) in [5.41, 5.74) is 0.758. The Bertz CT molecular complexity index is 649. The van der Waals surface area contributed by atoms with E-state index < -0.39 is 0 Å². The highest BCUT2D eigenvalue weighted by molar-refractivity contribution is 6.33. The van der Waals surface area contributed by atoms with E-state index in [1.165, 1.54) is 12.1 Å². The standard InChI is InChI=1S/C16H15ClFNO3/c17-13-9-15-16(22-8-7-21-15)10-14(13)19-5-6-20-12-3-1-11(18)2-4-12/h1-4,9-10,19H,5-8H2. The van der Waals surface area contributed by atoms with Crippen LogP contribution < -0.4 is 19.5 Å². The molecule has 2 aromatic rings. The molecule has 1 aliphatic heterocycles. The van der Waals surface area contributed by atoms with Gasteiger partial charge in [0.25, 0.3) is 0 Å². The first-order valence-electron chi connectivity index (χ1n) is 6.94. The molecule has 1 N–H and O–H groups in total. The van der Waals surface area contributed by atoms with Crippen molar-refractivity contribution in [3.63, 3.8) is 0 Å². The molecule has 6 heteroatoms. The average molecular weight is 324 g/mol. The highest BCUT2D eigenvalue weighted by Gasteiger charge is 2.14. The summed E-state index contributed by atoms with van der Waals surface area (Å²) < 4.78 is 29.3. The summed E-state index contributed by atoms with van der Waals surface area (Å²) in [4.78, 5) is 0. The van der Waals surface area contributed by atoms with E-state index in [1.54, 1.807) is 18.2 Å². The molecule has 1 heterocycles. The van der Waals surface area contributed by atoms with Gasteiger partial charge in [0.05, 0.1) is 10.7 Å². The number of rotatable bonds is 5. The van der Waals surface area contributed by atoms with Crippen LogP contribution in [0.25, 0.3) is 0 Å². The van der Waals surface area contributed by atoms with Crippen LogP contribution in [0.2, 0.25) is 5.02 Å². The Labute approximate surface area is 132 Å². The van der Waals surface area contributed by atoms with Crippen molar-refractivity contribution in [3.8, 4) is 17.2 Å². The maximum absolute atomic E-state index is 12.8. The lowest BCUT2D eigenvalue weighted by Crippen LogP contribution is -2.16. The van der Waals surface area contributed by atoms with Gasteiger partial charge >= 0.3 is 0 Å². The lowest BCUT2D eigenvalue weighted by atomic mass is 10.2. The molecule has 22 heavy (non-hydrogen) atoms. The summed E-state index contributed by atoms with van der Waals surface area (Å²) in [6, 6.07) is 9.45. The number of anilines is 1. The van der Waals surface area contributed by atoms with Crippen LogP contribution in [-0.2, 0) is 0 Å². The van der Waals surface area contributed by atoms with Crippen molar-refractivity contribution < 1.29 is 18.6 Å². The Morgan fingerprint density at radius 2 is 1.77 bits per heavy atom. The Morgan fingerprint density at radius 1 is 1.09 bits per heavy atom. The Morgan fingerprint density at radius 3 is 2.50 bits per heavy atom. The van der Waals surface area contributed by atoms with E-state index in [0.29, 0.717) is 48.6 Å². The number of nitrogens with one attached hydrogen (secondary N) is 1. The van der Waals surface area contributed by atoms with Crippen LogP contribution >= 0.6 is 11.6 Å². The summed E-state index contributed by atoms with van der Waals surface area (Å²) in [6.45, 7) is 2.04. The molecule has 3 rings (SSSR count). The number of benzene rings is 2. The van der Waals surface area contributed by atoms with Gasteiger partial charge in [-0.2, -0.15) is 0 Å². The molecule has 0 saturated heterocycles. The molecular weight excluding hydrogens is 309 g/mol. The number of halogens is 2. The van der Waals surface area contributed by atoms with Crippen LogP contribution in [-0.4, -0.2) is 26.4 Å². The second-order valence-corrected chi connectivity index (χ2v) is 5.11. The maximum atomic E-state index is 12.8. The third-order valence-electron chi connectivity index (χ3n) is 3.13. The molecule has 0 spiro atoms. The molecule has 116 valence electrons. The molecule has 1 aliphatic rings. The van der Waals surface area contributed by atoms with Gasteiger partial charge in [-0.1, -0.05) is 11.6 Å². The van der Waals surface area contributed by atoms with Gasteiger partial charge in [0, 0.05) is 18.7 Å². The van der Waals surface area contributed by atoms with E-state index in [2.05, 4.69) is 5.32 Å². The molecule has 0 aromatic heterocycles. The first-order valence-corrected chi connectivity index (χ1v) is 7.31. The average Bonchev–Trinajstić information content (AvgIpc) is 2.53. The van der Waals surface area contributed by atoms with Crippen molar-refractivity contribution in [2.75, 3.05) is 31.7 Å². The lowest BCUT2D eigenvalue weighted by molar-refractivity contribution is 0.171. The Kier molecular flexibility index (Phi) is 4.53. The van der Waals surface area contributed by atoms with Crippen molar-refractivity contribution in [2.24, 2.45) is 0 Å². The normalized spacial score (nSPS) is 12.8. The van der Waals surface area contributed by atoms with Gasteiger partial charge in [0.15, 0.2) is 11.5 Å². The Balaban J connectivity index is 1.54. The molecule has 4 nitrogen and oxygen atoms in total. The third kappa shape index (κ3) is 3.54. The van der Waals surface area contributed by atoms with Crippen LogP contribution in [0.5, 0.6) is 17.2 Å². The van der Waals surface area contributed by atoms with Gasteiger partial charge in [-0.25, -0.2) is 4.39 Å². The van der Waals surface area contributed by atoms with Gasteiger partial charge in [0.2, 0.25) is 0 Å². The van der Waals surface area contributed by atoms with Gasteiger partial charge in [-0.05, 0) is 24.3 Å². The topological polar surface area (TPSA) is 39.7 Å². The molecule has 0 radical (unpaired) electrons. The zero-order valence-corrected chi connectivity index (χ0v) is 12.5. The van der Waals surface area contributed by atoms with Crippen molar-refractivity contribution in [2.45, 2.75) is 0 Å². The van der Waals surface area contributed by atoms with E-state index in [-0.39, 0.29) is 5.82 Å². The lowest BCUT2D eigenvalue weighted by Gasteiger charge is -2.20. The second-order valence-electron chi connectivity index (χ2n) is 4.70. The number of hydrogen-bond donors (Lipinski definition) is 1. The number of ether oxygens (including phenoxy) is 3. The second kappa shape index (κ2) is 6.75. The molecule has 0 aliphatic carbocycles. The van der Waals surface area contributed by atoms with Crippen LogP contribution in [0, 0.1) is 5.82 Å². The Hall–Kier alpha value is -2.14. The first kappa shape index (κ1) is 14.8. The molecule has 0 saturated carbocycles. The van der Waals surface area contributed by atoms with E-state index in [1.807, 2.05) is 6.07 Å². The molecular formula is C16H15ClFNO3. The van der Waals surface area contributed by atoms with Gasteiger partial charge < -0.3 is 19.5 Å². The van der Waals surface area contributed by atoms with E-state index in [4.69, 9.17) is 25.8 Å². The van der Waals surface area contributed by atoms with Crippen molar-refractivity contribution in [1.82, 2.24) is 0 Å². The highest BCUT2D eigenvalue weighted by atomic mass is 35.5. The van der Waals surface area contributed by atoms with Gasteiger partial charge in [-0.3, -0.25) is 0 Å². The summed E-state index contributed by atoms with van der Waals surface area (Å²) in [5, 5.41) is 3.74. The zero-order valence-electron chi connectivity index (χ0n) is 11.8. The summed E-state index contributed by atoms with van der Waals surface area (Å²) >= 11 is 6.19. The summed E-state index contributed by atoms with van der Waals surface area (Å²) in [7, 11) is 0. The smallest absolute Gasteiger partial charge is 0.163 e. The van der Waals surface area contributed by atoms with Crippen LogP contribution in [0.15, 0.2) is 36.4 Å². The van der Waals surface area contributed by atoms with E-state index in [0.717, 1.165) is 5.69 Å². The fraction of sp³-hybridized carbons (Fsp3) is 0.250. The molecule has 0 bridgehead atoms. The van der Waals surface area contributed by atoms with Crippen LogP contribution in [0.3, 0.4) is 0 Å². The highest BCUT2D eigenvalue weighted by Crippen LogP contribution is 2.37. The summed E-state index contributed by atoms with van der Waals surface area (Å²) in [6.07, 6.45) is 0. The summed E-state index contributed by atoms with van der Waals surface area (Å²) in [5.74, 6) is 1.67. The molecule has 0 amide bonds. The predicted octanol–water partition coefficient (Wildman–Crippen LogP) is 3.74. The molecule has 0 unspecified atom stereocenters. The quantitative estimate of drug-likeness (QED) is 0.851.